The van der Waals surface area contributed by atoms with E-state index in [1.165, 1.54) is 12.5 Å². The first kappa shape index (κ1) is 40.8. The van der Waals surface area contributed by atoms with Crippen LogP contribution < -0.4 is 15.4 Å². The van der Waals surface area contributed by atoms with Crippen LogP contribution in [-0.4, -0.2) is 91.7 Å². The van der Waals surface area contributed by atoms with Crippen LogP contribution in [0.1, 0.15) is 90.3 Å². The van der Waals surface area contributed by atoms with E-state index in [0.717, 1.165) is 50.5 Å². The number of hydrogen-bond acceptors (Lipinski definition) is 8. The molecule has 1 saturated carbocycles. The number of nitrogens with zero attached hydrogens (tertiary/aromatic N) is 1. The standard InChI is InChI=1S/C35H57N5O7S2/c1-5-6-17-38-48(45)22-31(41)32(42)29(19-26-15-11-8-12-16-26)39-34(44)30(20-28-21-36-24-37-28)40-33(43)27(18-25-13-9-7-10-14-25)23-49(46,47)35(2,3)4/h7,9-10,13-14,21,24,26-27,29-32,38,41-42H,5-6,8,11-12,15-20,22-23H2,1-4H3,(H,36,37)(H,39,44)(H,40,43). The number of unbranched alkanes of at least 4 members (excludes halogenated alkanes) is 1. The van der Waals surface area contributed by atoms with Crippen LogP contribution >= 0.6 is 0 Å². The van der Waals surface area contributed by atoms with Gasteiger partial charge in [-0.25, -0.2) is 22.3 Å². The predicted molar refractivity (Wildman–Crippen MR) is 192 cm³/mol. The third-order valence-corrected chi connectivity index (χ3v) is 13.1. The first-order chi connectivity index (χ1) is 23.2. The topological polar surface area (TPSA) is 191 Å². The highest BCUT2D eigenvalue weighted by atomic mass is 32.2. The molecule has 1 aromatic carbocycles. The molecule has 1 aliphatic carbocycles. The lowest BCUT2D eigenvalue weighted by Gasteiger charge is -2.33. The SMILES string of the molecule is CCCCNS(=O)CC(O)C(O)C(CC1CCCCC1)NC(=O)C(Cc1cnc[nH]1)NC(=O)C(Cc1ccccc1)CS(=O)(=O)C(C)(C)C. The van der Waals surface area contributed by atoms with E-state index in [1.54, 1.807) is 20.8 Å². The molecule has 1 aromatic heterocycles. The van der Waals surface area contributed by atoms with Gasteiger partial charge in [0.15, 0.2) is 9.84 Å². The van der Waals surface area contributed by atoms with E-state index >= 15 is 0 Å². The van der Waals surface area contributed by atoms with Gasteiger partial charge in [0.2, 0.25) is 11.8 Å². The second kappa shape index (κ2) is 19.7. The first-order valence-corrected chi connectivity index (χ1v) is 20.5. The van der Waals surface area contributed by atoms with Gasteiger partial charge in [-0.15, -0.1) is 0 Å². The Morgan fingerprint density at radius 3 is 2.35 bits per heavy atom. The van der Waals surface area contributed by atoms with Crippen molar-refractivity contribution in [1.82, 2.24) is 25.3 Å². The van der Waals surface area contributed by atoms with E-state index in [-0.39, 0.29) is 24.5 Å². The van der Waals surface area contributed by atoms with Crippen LogP contribution in [0.4, 0.5) is 0 Å². The van der Waals surface area contributed by atoms with E-state index < -0.39 is 73.3 Å². The summed E-state index contributed by atoms with van der Waals surface area (Å²) < 4.78 is 41.0. The monoisotopic (exact) mass is 723 g/mol. The molecule has 0 radical (unpaired) electrons. The zero-order valence-corrected chi connectivity index (χ0v) is 31.0. The van der Waals surface area contributed by atoms with Crippen molar-refractivity contribution in [2.45, 2.75) is 121 Å². The number of H-pyrrole nitrogens is 1. The molecule has 12 nitrogen and oxygen atoms in total. The molecule has 1 aliphatic rings. The molecular weight excluding hydrogens is 667 g/mol. The normalized spacial score (nSPS) is 18.2. The Morgan fingerprint density at radius 1 is 1.04 bits per heavy atom. The maximum absolute atomic E-state index is 14.1. The molecule has 0 aliphatic heterocycles. The third-order valence-electron chi connectivity index (χ3n) is 9.22. The highest BCUT2D eigenvalue weighted by Crippen LogP contribution is 2.29. The summed E-state index contributed by atoms with van der Waals surface area (Å²) in [6, 6.07) is 7.11. The second-order valence-corrected chi connectivity index (χ2v) is 18.4. The number of aromatic nitrogens is 2. The van der Waals surface area contributed by atoms with E-state index in [9.17, 15) is 32.4 Å². The molecule has 2 aromatic rings. The van der Waals surface area contributed by atoms with E-state index in [0.29, 0.717) is 18.7 Å². The zero-order valence-electron chi connectivity index (χ0n) is 29.4. The molecule has 2 amide bonds. The highest BCUT2D eigenvalue weighted by Gasteiger charge is 2.37. The number of carbonyl (C=O) groups is 2. The Hall–Kier alpha value is -2.65. The fraction of sp³-hybridized carbons (Fsp3) is 0.686. The minimum Gasteiger partial charge on any atom is -0.389 e. The smallest absolute Gasteiger partial charge is 0.243 e. The molecule has 49 heavy (non-hydrogen) atoms. The van der Waals surface area contributed by atoms with Crippen molar-refractivity contribution in [3.8, 4) is 0 Å². The van der Waals surface area contributed by atoms with Gasteiger partial charge in [0.25, 0.3) is 0 Å². The summed E-state index contributed by atoms with van der Waals surface area (Å²) in [6.45, 7) is 7.32. The van der Waals surface area contributed by atoms with Gasteiger partial charge in [-0.1, -0.05) is 75.8 Å². The van der Waals surface area contributed by atoms with Crippen LogP contribution in [0.3, 0.4) is 0 Å². The maximum Gasteiger partial charge on any atom is 0.243 e. The Bertz CT molecular complexity index is 1410. The summed E-state index contributed by atoms with van der Waals surface area (Å²) in [5.41, 5.74) is 1.35. The fourth-order valence-corrected chi connectivity index (χ4v) is 8.34. The van der Waals surface area contributed by atoms with Crippen molar-refractivity contribution in [1.29, 1.82) is 0 Å². The average Bonchev–Trinajstić information content (AvgIpc) is 3.57. The number of aromatic amines is 1. The molecule has 6 atom stereocenters. The molecule has 14 heteroatoms. The number of hydrogen-bond donors (Lipinski definition) is 6. The summed E-state index contributed by atoms with van der Waals surface area (Å²) >= 11 is 0. The molecule has 3 rings (SSSR count). The summed E-state index contributed by atoms with van der Waals surface area (Å²) in [5, 5.41) is 28.1. The maximum atomic E-state index is 14.1. The lowest BCUT2D eigenvalue weighted by molar-refractivity contribution is -0.132. The molecule has 0 spiro atoms. The third kappa shape index (κ3) is 13.5. The number of nitrogens with one attached hydrogen (secondary N) is 4. The van der Waals surface area contributed by atoms with Crippen LogP contribution in [0.25, 0.3) is 0 Å². The lowest BCUT2D eigenvalue weighted by Crippen LogP contribution is -2.57. The van der Waals surface area contributed by atoms with Crippen molar-refractivity contribution in [2.75, 3.05) is 18.1 Å². The Balaban J connectivity index is 1.85. The van der Waals surface area contributed by atoms with Crippen LogP contribution in [-0.2, 0) is 43.3 Å². The number of benzene rings is 1. The number of amides is 2. The summed E-state index contributed by atoms with van der Waals surface area (Å²) in [4.78, 5) is 35.0. The van der Waals surface area contributed by atoms with Gasteiger partial charge >= 0.3 is 0 Å². The molecule has 1 heterocycles. The van der Waals surface area contributed by atoms with Crippen molar-refractivity contribution in [2.24, 2.45) is 11.8 Å². The van der Waals surface area contributed by atoms with E-state index in [2.05, 4.69) is 25.3 Å². The predicted octanol–water partition coefficient (Wildman–Crippen LogP) is 2.74. The van der Waals surface area contributed by atoms with Crippen molar-refractivity contribution < 1.29 is 32.4 Å². The average molecular weight is 724 g/mol. The molecular formula is C35H57N5O7S2. The Labute approximate surface area is 294 Å². The molecule has 276 valence electrons. The quantitative estimate of drug-likeness (QED) is 0.112. The van der Waals surface area contributed by atoms with Gasteiger partial charge in [0.05, 0.1) is 51.6 Å². The summed E-state index contributed by atoms with van der Waals surface area (Å²) in [7, 11) is -5.28. The largest absolute Gasteiger partial charge is 0.389 e. The van der Waals surface area contributed by atoms with Gasteiger partial charge in [-0.3, -0.25) is 9.59 Å². The minimum atomic E-state index is -3.71. The second-order valence-electron chi connectivity index (χ2n) is 14.3. The lowest BCUT2D eigenvalue weighted by atomic mass is 9.83. The number of aliphatic hydroxyl groups is 2. The van der Waals surface area contributed by atoms with Crippen molar-refractivity contribution >= 4 is 32.6 Å². The van der Waals surface area contributed by atoms with Gasteiger partial charge in [0, 0.05) is 24.9 Å². The first-order valence-electron chi connectivity index (χ1n) is 17.5. The molecule has 6 N–H and O–H groups in total. The van der Waals surface area contributed by atoms with Crippen LogP contribution in [0, 0.1) is 11.8 Å². The summed E-state index contributed by atoms with van der Waals surface area (Å²) in [5.74, 6) is -2.56. The fourth-order valence-electron chi connectivity index (χ4n) is 6.05. The molecule has 6 unspecified atom stereocenters. The number of rotatable bonds is 20. The van der Waals surface area contributed by atoms with Crippen molar-refractivity contribution in [3.63, 3.8) is 0 Å². The summed E-state index contributed by atoms with van der Waals surface area (Å²) in [6.07, 6.45) is 7.59. The Morgan fingerprint density at radius 2 is 1.73 bits per heavy atom. The number of aliphatic hydroxyl groups excluding tert-OH is 2. The van der Waals surface area contributed by atoms with Crippen LogP contribution in [0.2, 0.25) is 0 Å². The van der Waals surface area contributed by atoms with Crippen LogP contribution in [0.15, 0.2) is 42.9 Å². The number of sulfone groups is 1. The molecule has 0 bridgehead atoms. The van der Waals surface area contributed by atoms with Crippen LogP contribution in [0.5, 0.6) is 0 Å². The Kier molecular flexibility index (Phi) is 16.4. The number of carbonyl (C=O) groups excluding carboxylic acids is 2. The van der Waals surface area contributed by atoms with Gasteiger partial charge in [-0.2, -0.15) is 0 Å². The van der Waals surface area contributed by atoms with Gasteiger partial charge in [-0.05, 0) is 51.5 Å². The number of imidazole rings is 1. The zero-order chi connectivity index (χ0) is 36.0. The van der Waals surface area contributed by atoms with Gasteiger partial charge < -0.3 is 25.8 Å². The minimum absolute atomic E-state index is 0.0296. The highest BCUT2D eigenvalue weighted by molar-refractivity contribution is 7.92. The van der Waals surface area contributed by atoms with E-state index in [1.807, 2.05) is 37.3 Å². The van der Waals surface area contributed by atoms with Crippen molar-refractivity contribution in [3.05, 3.63) is 54.1 Å². The molecule has 0 saturated heterocycles. The molecule has 1 fully saturated rings. The van der Waals surface area contributed by atoms with Gasteiger partial charge in [0.1, 0.15) is 12.1 Å². The van der Waals surface area contributed by atoms with E-state index in [4.69, 9.17) is 0 Å².